The highest BCUT2D eigenvalue weighted by Gasteiger charge is 2.28. The van der Waals surface area contributed by atoms with Crippen LogP contribution >= 0.6 is 0 Å². The smallest absolute Gasteiger partial charge is 0.240 e. The van der Waals surface area contributed by atoms with Gasteiger partial charge in [0.15, 0.2) is 0 Å². The summed E-state index contributed by atoms with van der Waals surface area (Å²) in [6, 6.07) is 16.7. The van der Waals surface area contributed by atoms with Crippen LogP contribution in [0.3, 0.4) is 0 Å². The fraction of sp³-hybridized carbons (Fsp3) is 0.318. The molecule has 4 nitrogen and oxygen atoms in total. The SMILES string of the molecule is Cc1ccc(CCN2CCN[C@H](Cc3c[nH]c4ccccc34)C2=O)cc1. The highest BCUT2D eigenvalue weighted by molar-refractivity contribution is 5.86. The number of nitrogens with one attached hydrogen (secondary N) is 2. The van der Waals surface area contributed by atoms with E-state index in [0.29, 0.717) is 0 Å². The lowest BCUT2D eigenvalue weighted by atomic mass is 10.0. The Balaban J connectivity index is 1.41. The molecule has 0 saturated carbocycles. The minimum atomic E-state index is -0.138. The third-order valence-corrected chi connectivity index (χ3v) is 5.27. The lowest BCUT2D eigenvalue weighted by Crippen LogP contribution is -2.56. The molecule has 1 aromatic heterocycles. The molecule has 2 N–H and O–H groups in total. The molecule has 1 aliphatic rings. The highest BCUT2D eigenvalue weighted by atomic mass is 16.2. The van der Waals surface area contributed by atoms with Crippen molar-refractivity contribution in [2.45, 2.75) is 25.8 Å². The monoisotopic (exact) mass is 347 g/mol. The molecule has 2 heterocycles. The number of hydrogen-bond donors (Lipinski definition) is 2. The summed E-state index contributed by atoms with van der Waals surface area (Å²) in [5, 5.41) is 4.61. The van der Waals surface area contributed by atoms with Gasteiger partial charge < -0.3 is 15.2 Å². The molecule has 1 aliphatic heterocycles. The van der Waals surface area contributed by atoms with Gasteiger partial charge in [-0.2, -0.15) is 0 Å². The van der Waals surface area contributed by atoms with Crippen LogP contribution in [0, 0.1) is 6.92 Å². The summed E-state index contributed by atoms with van der Waals surface area (Å²) in [5.41, 5.74) is 4.88. The molecule has 0 bridgehead atoms. The first-order valence-corrected chi connectivity index (χ1v) is 9.33. The second-order valence-electron chi connectivity index (χ2n) is 7.13. The quantitative estimate of drug-likeness (QED) is 0.745. The molecule has 1 atom stereocenters. The summed E-state index contributed by atoms with van der Waals surface area (Å²) in [7, 11) is 0. The van der Waals surface area contributed by atoms with Gasteiger partial charge in [-0.05, 0) is 37.0 Å². The van der Waals surface area contributed by atoms with Crippen LogP contribution < -0.4 is 5.32 Å². The van der Waals surface area contributed by atoms with Crippen molar-refractivity contribution in [2.75, 3.05) is 19.6 Å². The summed E-state index contributed by atoms with van der Waals surface area (Å²) in [4.78, 5) is 18.2. The van der Waals surface area contributed by atoms with Gasteiger partial charge >= 0.3 is 0 Å². The molecule has 1 fully saturated rings. The van der Waals surface area contributed by atoms with Gasteiger partial charge in [-0.25, -0.2) is 0 Å². The van der Waals surface area contributed by atoms with Crippen molar-refractivity contribution in [3.05, 3.63) is 71.4 Å². The zero-order valence-electron chi connectivity index (χ0n) is 15.2. The van der Waals surface area contributed by atoms with E-state index in [1.807, 2.05) is 23.2 Å². The van der Waals surface area contributed by atoms with Crippen LogP contribution in [0.1, 0.15) is 16.7 Å². The number of para-hydroxylation sites is 1. The highest BCUT2D eigenvalue weighted by Crippen LogP contribution is 2.20. The Labute approximate surface area is 154 Å². The standard InChI is InChI=1S/C22H25N3O/c1-16-6-8-17(9-7-16)10-12-25-13-11-23-21(22(25)26)14-18-15-24-20-5-3-2-4-19(18)20/h2-9,15,21,23-24H,10-14H2,1H3/t21-/m1/s1. The number of aryl methyl sites for hydroxylation is 1. The van der Waals surface area contributed by atoms with Crippen LogP contribution in [0.15, 0.2) is 54.7 Å². The van der Waals surface area contributed by atoms with Gasteiger partial charge in [0.05, 0.1) is 6.04 Å². The molecule has 134 valence electrons. The number of benzene rings is 2. The van der Waals surface area contributed by atoms with Crippen LogP contribution in [0.5, 0.6) is 0 Å². The number of rotatable bonds is 5. The number of H-pyrrole nitrogens is 1. The zero-order valence-corrected chi connectivity index (χ0v) is 15.2. The Morgan fingerprint density at radius 1 is 1.12 bits per heavy atom. The first kappa shape index (κ1) is 16.9. The van der Waals surface area contributed by atoms with Crippen LogP contribution in [-0.2, 0) is 17.6 Å². The average molecular weight is 347 g/mol. The van der Waals surface area contributed by atoms with E-state index in [1.165, 1.54) is 22.1 Å². The molecule has 0 radical (unpaired) electrons. The van der Waals surface area contributed by atoms with Gasteiger partial charge in [-0.3, -0.25) is 4.79 Å². The van der Waals surface area contributed by atoms with E-state index in [1.54, 1.807) is 0 Å². The predicted octanol–water partition coefficient (Wildman–Crippen LogP) is 3.06. The maximum Gasteiger partial charge on any atom is 0.240 e. The molecule has 2 aromatic carbocycles. The summed E-state index contributed by atoms with van der Waals surface area (Å²) < 4.78 is 0. The predicted molar refractivity (Wildman–Crippen MR) is 105 cm³/mol. The van der Waals surface area contributed by atoms with Gasteiger partial charge in [-0.15, -0.1) is 0 Å². The first-order valence-electron chi connectivity index (χ1n) is 9.33. The molecule has 4 rings (SSSR count). The Morgan fingerprint density at radius 2 is 1.92 bits per heavy atom. The van der Waals surface area contributed by atoms with Gasteiger partial charge in [0.1, 0.15) is 0 Å². The fourth-order valence-electron chi connectivity index (χ4n) is 3.71. The van der Waals surface area contributed by atoms with Crippen molar-refractivity contribution in [3.63, 3.8) is 0 Å². The van der Waals surface area contributed by atoms with Gasteiger partial charge in [0.25, 0.3) is 0 Å². The topological polar surface area (TPSA) is 48.1 Å². The third kappa shape index (κ3) is 3.51. The molecule has 4 heteroatoms. The van der Waals surface area contributed by atoms with Crippen molar-refractivity contribution in [1.82, 2.24) is 15.2 Å². The van der Waals surface area contributed by atoms with Gasteiger partial charge in [-0.1, -0.05) is 48.0 Å². The Kier molecular flexibility index (Phi) is 4.76. The van der Waals surface area contributed by atoms with E-state index in [0.717, 1.165) is 38.0 Å². The van der Waals surface area contributed by atoms with Gasteiger partial charge in [0, 0.05) is 36.7 Å². The average Bonchev–Trinajstić information content (AvgIpc) is 3.07. The molecule has 0 aliphatic carbocycles. The molecule has 0 unspecified atom stereocenters. The van der Waals surface area contributed by atoms with Crippen molar-refractivity contribution >= 4 is 16.8 Å². The van der Waals surface area contributed by atoms with Crippen LogP contribution in [-0.4, -0.2) is 41.5 Å². The number of nitrogens with zero attached hydrogens (tertiary/aromatic N) is 1. The van der Waals surface area contributed by atoms with Crippen LogP contribution in [0.2, 0.25) is 0 Å². The molecule has 1 amide bonds. The van der Waals surface area contributed by atoms with E-state index in [4.69, 9.17) is 0 Å². The van der Waals surface area contributed by atoms with E-state index >= 15 is 0 Å². The Morgan fingerprint density at radius 3 is 2.77 bits per heavy atom. The normalized spacial score (nSPS) is 17.8. The van der Waals surface area contributed by atoms with E-state index < -0.39 is 0 Å². The first-order chi connectivity index (χ1) is 12.7. The minimum Gasteiger partial charge on any atom is -0.361 e. The number of carbonyl (C=O) groups is 1. The number of fused-ring (bicyclic) bond motifs is 1. The van der Waals surface area contributed by atoms with Crippen molar-refractivity contribution in [1.29, 1.82) is 0 Å². The minimum absolute atomic E-state index is 0.138. The fourth-order valence-corrected chi connectivity index (χ4v) is 3.71. The third-order valence-electron chi connectivity index (χ3n) is 5.27. The molecule has 26 heavy (non-hydrogen) atoms. The number of hydrogen-bond acceptors (Lipinski definition) is 2. The lowest BCUT2D eigenvalue weighted by Gasteiger charge is -2.33. The van der Waals surface area contributed by atoms with Crippen molar-refractivity contribution < 1.29 is 4.79 Å². The molecule has 1 saturated heterocycles. The number of aromatic nitrogens is 1. The van der Waals surface area contributed by atoms with Crippen molar-refractivity contribution in [2.24, 2.45) is 0 Å². The number of carbonyl (C=O) groups excluding carboxylic acids is 1. The summed E-state index contributed by atoms with van der Waals surface area (Å²) in [6.45, 7) is 4.52. The Hall–Kier alpha value is -2.59. The molecule has 3 aromatic rings. The second-order valence-corrected chi connectivity index (χ2v) is 7.13. The van der Waals surface area contributed by atoms with E-state index in [-0.39, 0.29) is 11.9 Å². The van der Waals surface area contributed by atoms with E-state index in [2.05, 4.69) is 53.6 Å². The summed E-state index contributed by atoms with van der Waals surface area (Å²) >= 11 is 0. The largest absolute Gasteiger partial charge is 0.361 e. The van der Waals surface area contributed by atoms with Crippen LogP contribution in [0.4, 0.5) is 0 Å². The Bertz CT molecular complexity index is 897. The number of aromatic amines is 1. The number of piperazine rings is 1. The van der Waals surface area contributed by atoms with E-state index in [9.17, 15) is 4.79 Å². The lowest BCUT2D eigenvalue weighted by molar-refractivity contribution is -0.135. The second kappa shape index (κ2) is 7.34. The summed E-state index contributed by atoms with van der Waals surface area (Å²) in [5.74, 6) is 0.216. The number of amides is 1. The molecule has 0 spiro atoms. The molecular weight excluding hydrogens is 322 g/mol. The maximum atomic E-state index is 12.9. The molecular formula is C22H25N3O. The van der Waals surface area contributed by atoms with Crippen LogP contribution in [0.25, 0.3) is 10.9 Å². The zero-order chi connectivity index (χ0) is 17.9. The van der Waals surface area contributed by atoms with Gasteiger partial charge in [0.2, 0.25) is 5.91 Å². The van der Waals surface area contributed by atoms with Crippen molar-refractivity contribution in [3.8, 4) is 0 Å². The summed E-state index contributed by atoms with van der Waals surface area (Å²) in [6.07, 6.45) is 3.67. The maximum absolute atomic E-state index is 12.9.